The molecule has 0 aromatic carbocycles. The van der Waals surface area contributed by atoms with E-state index < -0.39 is 0 Å². The van der Waals surface area contributed by atoms with Gasteiger partial charge in [-0.2, -0.15) is 0 Å². The van der Waals surface area contributed by atoms with Crippen molar-refractivity contribution in [2.24, 2.45) is 11.8 Å². The van der Waals surface area contributed by atoms with Gasteiger partial charge in [-0.3, -0.25) is 0 Å². The van der Waals surface area contributed by atoms with E-state index in [-0.39, 0.29) is 0 Å². The molecule has 2 fully saturated rings. The molecular weight excluding hydrogens is 224 g/mol. The summed E-state index contributed by atoms with van der Waals surface area (Å²) >= 11 is 0. The highest BCUT2D eigenvalue weighted by Gasteiger charge is 2.28. The summed E-state index contributed by atoms with van der Waals surface area (Å²) in [5.41, 5.74) is 0. The molecular formula is C15H30N2O. The number of nitrogens with zero attached hydrogens (tertiary/aromatic N) is 1. The lowest BCUT2D eigenvalue weighted by atomic mass is 9.97. The topological polar surface area (TPSA) is 24.5 Å². The fourth-order valence-corrected chi connectivity index (χ4v) is 3.20. The fourth-order valence-electron chi connectivity index (χ4n) is 3.20. The van der Waals surface area contributed by atoms with Gasteiger partial charge in [0.1, 0.15) is 0 Å². The van der Waals surface area contributed by atoms with E-state index in [1.807, 2.05) is 0 Å². The lowest BCUT2D eigenvalue weighted by molar-refractivity contribution is 0.0909. The van der Waals surface area contributed by atoms with Crippen LogP contribution in [0.1, 0.15) is 40.0 Å². The minimum absolute atomic E-state index is 0.461. The second kappa shape index (κ2) is 6.88. The van der Waals surface area contributed by atoms with Crippen molar-refractivity contribution in [3.05, 3.63) is 0 Å². The van der Waals surface area contributed by atoms with Crippen molar-refractivity contribution in [3.63, 3.8) is 0 Å². The van der Waals surface area contributed by atoms with Crippen LogP contribution in [0.4, 0.5) is 0 Å². The first-order chi connectivity index (χ1) is 8.70. The Hall–Kier alpha value is -0.120. The van der Waals surface area contributed by atoms with Crippen molar-refractivity contribution < 1.29 is 4.74 Å². The molecule has 106 valence electrons. The molecule has 0 spiro atoms. The van der Waals surface area contributed by atoms with Gasteiger partial charge in [-0.25, -0.2) is 0 Å². The number of ether oxygens (including phenoxy) is 1. The average molecular weight is 254 g/mol. The van der Waals surface area contributed by atoms with Gasteiger partial charge < -0.3 is 15.0 Å². The van der Waals surface area contributed by atoms with Gasteiger partial charge in [-0.05, 0) is 44.7 Å². The van der Waals surface area contributed by atoms with E-state index in [1.54, 1.807) is 0 Å². The third-order valence-corrected chi connectivity index (χ3v) is 4.87. The van der Waals surface area contributed by atoms with Crippen LogP contribution in [0.2, 0.25) is 0 Å². The standard InChI is InChI=1S/C15H30N2O/c1-4-12(2)15-11-17(8-5-7-16-15)10-14-6-9-18-13(14)3/h12-16H,4-11H2,1-3H3. The van der Waals surface area contributed by atoms with Crippen molar-refractivity contribution in [3.8, 4) is 0 Å². The van der Waals surface area contributed by atoms with E-state index in [2.05, 4.69) is 31.0 Å². The smallest absolute Gasteiger partial charge is 0.0588 e. The van der Waals surface area contributed by atoms with E-state index in [0.29, 0.717) is 12.1 Å². The lowest BCUT2D eigenvalue weighted by Crippen LogP contribution is -2.43. The molecule has 2 rings (SSSR count). The number of nitrogens with one attached hydrogen (secondary N) is 1. The first-order valence-corrected chi connectivity index (χ1v) is 7.78. The predicted octanol–water partition coefficient (Wildman–Crippen LogP) is 2.12. The van der Waals surface area contributed by atoms with Gasteiger partial charge in [0.05, 0.1) is 6.10 Å². The van der Waals surface area contributed by atoms with Crippen molar-refractivity contribution in [1.82, 2.24) is 10.2 Å². The van der Waals surface area contributed by atoms with Gasteiger partial charge in [-0.1, -0.05) is 20.3 Å². The molecule has 0 aromatic heterocycles. The molecule has 0 saturated carbocycles. The number of hydrogen-bond donors (Lipinski definition) is 1. The van der Waals surface area contributed by atoms with Gasteiger partial charge in [0.2, 0.25) is 0 Å². The van der Waals surface area contributed by atoms with Crippen LogP contribution in [-0.2, 0) is 4.74 Å². The van der Waals surface area contributed by atoms with Crippen molar-refractivity contribution in [2.45, 2.75) is 52.2 Å². The maximum absolute atomic E-state index is 5.69. The van der Waals surface area contributed by atoms with E-state index >= 15 is 0 Å². The Morgan fingerprint density at radius 3 is 2.94 bits per heavy atom. The van der Waals surface area contributed by atoms with E-state index in [9.17, 15) is 0 Å². The largest absolute Gasteiger partial charge is 0.378 e. The minimum Gasteiger partial charge on any atom is -0.378 e. The summed E-state index contributed by atoms with van der Waals surface area (Å²) in [6.07, 6.45) is 4.27. The summed E-state index contributed by atoms with van der Waals surface area (Å²) in [5.74, 6) is 1.53. The Morgan fingerprint density at radius 2 is 2.28 bits per heavy atom. The molecule has 2 aliphatic heterocycles. The van der Waals surface area contributed by atoms with Crippen molar-refractivity contribution in [2.75, 3.05) is 32.8 Å². The molecule has 0 aromatic rings. The molecule has 0 radical (unpaired) electrons. The van der Waals surface area contributed by atoms with E-state index in [0.717, 1.165) is 18.4 Å². The van der Waals surface area contributed by atoms with Crippen molar-refractivity contribution >= 4 is 0 Å². The molecule has 1 N–H and O–H groups in total. The third-order valence-electron chi connectivity index (χ3n) is 4.87. The minimum atomic E-state index is 0.461. The maximum atomic E-state index is 5.69. The quantitative estimate of drug-likeness (QED) is 0.832. The second-order valence-electron chi connectivity index (χ2n) is 6.18. The second-order valence-corrected chi connectivity index (χ2v) is 6.18. The Kier molecular flexibility index (Phi) is 5.46. The highest BCUT2D eigenvalue weighted by Crippen LogP contribution is 2.22. The Labute approximate surface area is 112 Å². The summed E-state index contributed by atoms with van der Waals surface area (Å²) in [4.78, 5) is 2.67. The van der Waals surface area contributed by atoms with Crippen LogP contribution in [0.5, 0.6) is 0 Å². The molecule has 18 heavy (non-hydrogen) atoms. The summed E-state index contributed by atoms with van der Waals surface area (Å²) in [6, 6.07) is 0.676. The Balaban J connectivity index is 1.86. The summed E-state index contributed by atoms with van der Waals surface area (Å²) in [5, 5.41) is 3.73. The van der Waals surface area contributed by atoms with E-state index in [1.165, 1.54) is 45.4 Å². The summed E-state index contributed by atoms with van der Waals surface area (Å²) in [6.45, 7) is 12.8. The molecule has 4 unspecified atom stereocenters. The Bertz CT molecular complexity index is 247. The SMILES string of the molecule is CCC(C)C1CN(CC2CCOC2C)CCCN1. The van der Waals surface area contributed by atoms with Gasteiger partial charge in [0.25, 0.3) is 0 Å². The van der Waals surface area contributed by atoms with Crippen LogP contribution in [-0.4, -0.2) is 49.8 Å². The molecule has 3 nitrogen and oxygen atoms in total. The highest BCUT2D eigenvalue weighted by atomic mass is 16.5. The molecule has 0 aliphatic carbocycles. The first kappa shape index (κ1) is 14.3. The van der Waals surface area contributed by atoms with Gasteiger partial charge in [-0.15, -0.1) is 0 Å². The number of hydrogen-bond acceptors (Lipinski definition) is 3. The lowest BCUT2D eigenvalue weighted by Gasteiger charge is -2.30. The maximum Gasteiger partial charge on any atom is 0.0588 e. The Morgan fingerprint density at radius 1 is 1.44 bits per heavy atom. The van der Waals surface area contributed by atoms with Gasteiger partial charge in [0, 0.05) is 25.7 Å². The molecule has 2 aliphatic rings. The summed E-state index contributed by atoms with van der Waals surface area (Å²) in [7, 11) is 0. The molecule has 4 atom stereocenters. The molecule has 2 heterocycles. The monoisotopic (exact) mass is 254 g/mol. The zero-order valence-electron chi connectivity index (χ0n) is 12.3. The first-order valence-electron chi connectivity index (χ1n) is 7.78. The van der Waals surface area contributed by atoms with Crippen LogP contribution >= 0.6 is 0 Å². The number of rotatable bonds is 4. The molecule has 2 saturated heterocycles. The van der Waals surface area contributed by atoms with Gasteiger partial charge >= 0.3 is 0 Å². The van der Waals surface area contributed by atoms with Crippen LogP contribution < -0.4 is 5.32 Å². The third kappa shape index (κ3) is 3.69. The van der Waals surface area contributed by atoms with Gasteiger partial charge in [0.15, 0.2) is 0 Å². The van der Waals surface area contributed by atoms with Crippen molar-refractivity contribution in [1.29, 1.82) is 0 Å². The van der Waals surface area contributed by atoms with Crippen LogP contribution in [0.15, 0.2) is 0 Å². The van der Waals surface area contributed by atoms with Crippen LogP contribution in [0.3, 0.4) is 0 Å². The molecule has 0 amide bonds. The zero-order valence-corrected chi connectivity index (χ0v) is 12.3. The van der Waals surface area contributed by atoms with Crippen LogP contribution in [0.25, 0.3) is 0 Å². The molecule has 0 bridgehead atoms. The fraction of sp³-hybridized carbons (Fsp3) is 1.00. The van der Waals surface area contributed by atoms with Crippen LogP contribution in [0, 0.1) is 11.8 Å². The normalized spacial score (nSPS) is 36.5. The summed E-state index contributed by atoms with van der Waals surface area (Å²) < 4.78 is 5.69. The molecule has 3 heteroatoms. The predicted molar refractivity (Wildman–Crippen MR) is 75.8 cm³/mol. The zero-order chi connectivity index (χ0) is 13.0. The highest BCUT2D eigenvalue weighted by molar-refractivity contribution is 4.83. The van der Waals surface area contributed by atoms with E-state index in [4.69, 9.17) is 4.74 Å². The average Bonchev–Trinajstić information content (AvgIpc) is 2.65.